The van der Waals surface area contributed by atoms with Crippen LogP contribution in [0.15, 0.2) is 60.7 Å². The molecule has 2 nitrogen and oxygen atoms in total. The highest BCUT2D eigenvalue weighted by atomic mass is 16.5. The molecule has 2 aromatic carbocycles. The van der Waals surface area contributed by atoms with Crippen LogP contribution in [0.3, 0.4) is 0 Å². The number of para-hydroxylation sites is 2. The van der Waals surface area contributed by atoms with Crippen LogP contribution in [0.5, 0.6) is 0 Å². The first-order valence-electron chi connectivity index (χ1n) is 4.45. The summed E-state index contributed by atoms with van der Waals surface area (Å²) in [5.74, 6) is 0. The van der Waals surface area contributed by atoms with E-state index in [-0.39, 0.29) is 0 Å². The molecule has 0 saturated heterocycles. The molecule has 0 aromatic heterocycles. The van der Waals surface area contributed by atoms with Gasteiger partial charge in [0.25, 0.3) is 0 Å². The average molecular weight is 184 g/mol. The summed E-state index contributed by atoms with van der Waals surface area (Å²) >= 11 is 0. The van der Waals surface area contributed by atoms with Gasteiger partial charge in [-0.3, -0.25) is 0 Å². The maximum absolute atomic E-state index is 11.8. The predicted molar refractivity (Wildman–Crippen MR) is 55.7 cm³/mol. The minimum Gasteiger partial charge on any atom is -0.188 e. The largest absolute Gasteiger partial charge is 0.188 e. The Labute approximate surface area is 83.0 Å². The molecule has 0 aliphatic rings. The van der Waals surface area contributed by atoms with Gasteiger partial charge in [0.1, 0.15) is 0 Å². The highest BCUT2D eigenvalue weighted by molar-refractivity contribution is 5.59. The molecule has 0 heterocycles. The first kappa shape index (κ1) is 8.78. The van der Waals surface area contributed by atoms with E-state index in [4.69, 9.17) is 0 Å². The summed E-state index contributed by atoms with van der Waals surface area (Å²) in [4.78, 5) is 0. The highest BCUT2D eigenvalue weighted by Gasteiger charge is 2.04. The zero-order valence-electron chi connectivity index (χ0n) is 7.63. The number of hydrogen-bond acceptors (Lipinski definition) is 1. The predicted octanol–water partition coefficient (Wildman–Crippen LogP) is 3.17. The summed E-state index contributed by atoms with van der Waals surface area (Å²) in [5.41, 5.74) is 1.30. The van der Waals surface area contributed by atoms with E-state index in [0.29, 0.717) is 11.4 Å². The Hall–Kier alpha value is -1.80. The van der Waals surface area contributed by atoms with Crippen molar-refractivity contribution in [3.63, 3.8) is 0 Å². The molecular formula is C12H10NO. The number of rotatable bonds is 2. The molecule has 0 aliphatic carbocycles. The third kappa shape index (κ3) is 1.75. The van der Waals surface area contributed by atoms with Crippen molar-refractivity contribution in [1.29, 1.82) is 0 Å². The molecule has 0 unspecified atom stereocenters. The van der Waals surface area contributed by atoms with Crippen LogP contribution in [0.4, 0.5) is 11.4 Å². The average Bonchev–Trinajstić information content (AvgIpc) is 2.30. The number of benzene rings is 2. The monoisotopic (exact) mass is 184 g/mol. The lowest BCUT2D eigenvalue weighted by molar-refractivity contribution is 0.196. The molecule has 69 valence electrons. The maximum atomic E-state index is 11.8. The fraction of sp³-hybridized carbons (Fsp3) is 0. The quantitative estimate of drug-likeness (QED) is 0.657. The van der Waals surface area contributed by atoms with Gasteiger partial charge in [-0.25, -0.2) is 0 Å². The van der Waals surface area contributed by atoms with E-state index in [1.807, 2.05) is 36.4 Å². The second kappa shape index (κ2) is 3.94. The first-order chi connectivity index (χ1) is 6.88. The van der Waals surface area contributed by atoms with Crippen molar-refractivity contribution in [1.82, 2.24) is 0 Å². The summed E-state index contributed by atoms with van der Waals surface area (Å²) in [5, 5.41) is 12.7. The summed E-state index contributed by atoms with van der Waals surface area (Å²) in [6.45, 7) is 0. The highest BCUT2D eigenvalue weighted by Crippen LogP contribution is 2.22. The summed E-state index contributed by atoms with van der Waals surface area (Å²) in [7, 11) is 0. The summed E-state index contributed by atoms with van der Waals surface area (Å²) in [6.07, 6.45) is 0. The van der Waals surface area contributed by atoms with Gasteiger partial charge in [-0.05, 0) is 24.3 Å². The second-order valence-corrected chi connectivity index (χ2v) is 2.97. The van der Waals surface area contributed by atoms with Gasteiger partial charge in [0.2, 0.25) is 0 Å². The zero-order chi connectivity index (χ0) is 9.80. The van der Waals surface area contributed by atoms with Crippen LogP contribution in [0.25, 0.3) is 0 Å². The van der Waals surface area contributed by atoms with Crippen LogP contribution in [0.2, 0.25) is 0 Å². The number of hydrogen-bond donors (Lipinski definition) is 0. The SMILES string of the molecule is [O]N(c1ccccc1)c1ccccc1. The molecule has 0 saturated carbocycles. The van der Waals surface area contributed by atoms with Crippen molar-refractivity contribution in [3.05, 3.63) is 60.7 Å². The first-order valence-corrected chi connectivity index (χ1v) is 4.45. The fourth-order valence-corrected chi connectivity index (χ4v) is 1.28. The lowest BCUT2D eigenvalue weighted by atomic mass is 10.2. The van der Waals surface area contributed by atoms with Crippen LogP contribution in [0, 0.1) is 0 Å². The summed E-state index contributed by atoms with van der Waals surface area (Å²) in [6, 6.07) is 18.4. The Bertz CT molecular complexity index is 346. The normalized spacial score (nSPS) is 9.79. The number of anilines is 2. The van der Waals surface area contributed by atoms with Gasteiger partial charge in [0.15, 0.2) is 0 Å². The van der Waals surface area contributed by atoms with Gasteiger partial charge in [-0.1, -0.05) is 41.6 Å². The molecule has 0 amide bonds. The molecule has 0 spiro atoms. The van der Waals surface area contributed by atoms with Gasteiger partial charge < -0.3 is 0 Å². The van der Waals surface area contributed by atoms with E-state index in [1.165, 1.54) is 0 Å². The molecule has 0 bridgehead atoms. The Balaban J connectivity index is 2.30. The molecule has 1 radical (unpaired) electrons. The topological polar surface area (TPSA) is 23.1 Å². The molecule has 14 heavy (non-hydrogen) atoms. The third-order valence-electron chi connectivity index (χ3n) is 1.98. The van der Waals surface area contributed by atoms with Crippen LogP contribution < -0.4 is 5.06 Å². The van der Waals surface area contributed by atoms with Crippen LogP contribution in [-0.4, -0.2) is 0 Å². The lowest BCUT2D eigenvalue weighted by Gasteiger charge is -2.13. The van der Waals surface area contributed by atoms with E-state index in [9.17, 15) is 5.21 Å². The van der Waals surface area contributed by atoms with Gasteiger partial charge in [0.05, 0.1) is 11.4 Å². The molecule has 2 rings (SSSR count). The Morgan fingerprint density at radius 1 is 0.643 bits per heavy atom. The molecule has 0 atom stereocenters. The van der Waals surface area contributed by atoms with E-state index in [1.54, 1.807) is 24.3 Å². The van der Waals surface area contributed by atoms with Gasteiger partial charge >= 0.3 is 0 Å². The van der Waals surface area contributed by atoms with Crippen molar-refractivity contribution in [3.8, 4) is 0 Å². The molecule has 0 N–H and O–H groups in total. The van der Waals surface area contributed by atoms with Gasteiger partial charge in [-0.15, -0.1) is 0 Å². The smallest absolute Gasteiger partial charge is 0.0726 e. The third-order valence-corrected chi connectivity index (χ3v) is 1.98. The molecular weight excluding hydrogens is 174 g/mol. The van der Waals surface area contributed by atoms with Crippen LogP contribution in [0.1, 0.15) is 0 Å². The Morgan fingerprint density at radius 3 is 1.36 bits per heavy atom. The number of nitrogens with zero attached hydrogens (tertiary/aromatic N) is 1. The zero-order valence-corrected chi connectivity index (χ0v) is 7.63. The van der Waals surface area contributed by atoms with E-state index in [2.05, 4.69) is 0 Å². The minimum atomic E-state index is 0.652. The van der Waals surface area contributed by atoms with E-state index >= 15 is 0 Å². The second-order valence-electron chi connectivity index (χ2n) is 2.97. The lowest BCUT2D eigenvalue weighted by Crippen LogP contribution is -2.07. The van der Waals surface area contributed by atoms with Gasteiger partial charge in [-0.2, -0.15) is 5.06 Å². The van der Waals surface area contributed by atoms with Crippen molar-refractivity contribution < 1.29 is 5.21 Å². The summed E-state index contributed by atoms with van der Waals surface area (Å²) < 4.78 is 0. The van der Waals surface area contributed by atoms with E-state index in [0.717, 1.165) is 5.06 Å². The maximum Gasteiger partial charge on any atom is 0.0726 e. The van der Waals surface area contributed by atoms with Crippen molar-refractivity contribution in [2.24, 2.45) is 0 Å². The molecule has 2 heteroatoms. The van der Waals surface area contributed by atoms with E-state index < -0.39 is 0 Å². The van der Waals surface area contributed by atoms with Crippen molar-refractivity contribution in [2.45, 2.75) is 0 Å². The van der Waals surface area contributed by atoms with Crippen LogP contribution >= 0.6 is 0 Å². The molecule has 2 aromatic rings. The Kier molecular flexibility index (Phi) is 2.47. The minimum absolute atomic E-state index is 0.652. The van der Waals surface area contributed by atoms with Crippen LogP contribution in [-0.2, 0) is 5.21 Å². The van der Waals surface area contributed by atoms with Crippen molar-refractivity contribution >= 4 is 11.4 Å². The van der Waals surface area contributed by atoms with Gasteiger partial charge in [0, 0.05) is 0 Å². The fourth-order valence-electron chi connectivity index (χ4n) is 1.28. The standard InChI is InChI=1S/C12H10NO/c14-13(11-7-3-1-4-8-11)12-9-5-2-6-10-12/h1-10H. The molecule has 0 fully saturated rings. The molecule has 0 aliphatic heterocycles. The Morgan fingerprint density at radius 2 is 1.00 bits per heavy atom. The van der Waals surface area contributed by atoms with Crippen molar-refractivity contribution in [2.75, 3.05) is 5.06 Å².